The molecule has 1 fully saturated rings. The summed E-state index contributed by atoms with van der Waals surface area (Å²) < 4.78 is 3.29. The van der Waals surface area contributed by atoms with Crippen molar-refractivity contribution in [1.82, 2.24) is 15.1 Å². The maximum Gasteiger partial charge on any atom is 0.0766 e. The van der Waals surface area contributed by atoms with Gasteiger partial charge in [0.25, 0.3) is 0 Å². The molecule has 4 heteroatoms. The van der Waals surface area contributed by atoms with Crippen molar-refractivity contribution in [2.75, 3.05) is 6.54 Å². The first-order chi connectivity index (χ1) is 10.2. The number of nitrogens with one attached hydrogen (secondary N) is 1. The Kier molecular flexibility index (Phi) is 6.74. The van der Waals surface area contributed by atoms with Crippen LogP contribution in [0.15, 0.2) is 4.47 Å². The molecule has 1 heterocycles. The molecule has 0 amide bonds. The van der Waals surface area contributed by atoms with Crippen molar-refractivity contribution in [3.63, 3.8) is 0 Å². The minimum Gasteiger partial charge on any atom is -0.314 e. The lowest BCUT2D eigenvalue weighted by molar-refractivity contribution is 0.338. The molecule has 1 aromatic rings. The van der Waals surface area contributed by atoms with Crippen LogP contribution < -0.4 is 5.32 Å². The summed E-state index contributed by atoms with van der Waals surface area (Å²) in [4.78, 5) is 0. The fourth-order valence-electron chi connectivity index (χ4n) is 3.58. The van der Waals surface area contributed by atoms with Gasteiger partial charge in [-0.2, -0.15) is 5.10 Å². The molecule has 3 nitrogen and oxygen atoms in total. The Morgan fingerprint density at radius 1 is 1.33 bits per heavy atom. The van der Waals surface area contributed by atoms with Crippen molar-refractivity contribution in [3.8, 4) is 0 Å². The van der Waals surface area contributed by atoms with Crippen LogP contribution in [0, 0.1) is 5.92 Å². The highest BCUT2D eigenvalue weighted by Crippen LogP contribution is 2.30. The summed E-state index contributed by atoms with van der Waals surface area (Å²) in [5, 5.41) is 8.41. The first-order valence-corrected chi connectivity index (χ1v) is 9.40. The highest BCUT2D eigenvalue weighted by molar-refractivity contribution is 9.10. The van der Waals surface area contributed by atoms with Crippen LogP contribution in [0.25, 0.3) is 0 Å². The molecule has 1 N–H and O–H groups in total. The van der Waals surface area contributed by atoms with Gasteiger partial charge in [-0.3, -0.25) is 4.68 Å². The molecule has 1 aliphatic carbocycles. The van der Waals surface area contributed by atoms with Crippen LogP contribution >= 0.6 is 15.9 Å². The highest BCUT2D eigenvalue weighted by atomic mass is 79.9. The van der Waals surface area contributed by atoms with Gasteiger partial charge in [0.2, 0.25) is 0 Å². The van der Waals surface area contributed by atoms with Crippen LogP contribution in [0.4, 0.5) is 0 Å². The van der Waals surface area contributed by atoms with Crippen molar-refractivity contribution in [3.05, 3.63) is 15.9 Å². The van der Waals surface area contributed by atoms with Gasteiger partial charge in [0.05, 0.1) is 15.9 Å². The third-order valence-electron chi connectivity index (χ3n) is 4.82. The zero-order chi connectivity index (χ0) is 15.2. The average Bonchev–Trinajstić information content (AvgIpc) is 3.09. The normalized spacial score (nSPS) is 17.5. The minimum absolute atomic E-state index is 0.680. The number of aromatic nitrogens is 2. The molecule has 1 aliphatic rings. The van der Waals surface area contributed by atoms with E-state index in [1.54, 1.807) is 0 Å². The number of aryl methyl sites for hydroxylation is 2. The Bertz CT molecular complexity index is 435. The van der Waals surface area contributed by atoms with Gasteiger partial charge in [-0.05, 0) is 66.9 Å². The minimum atomic E-state index is 0.680. The van der Waals surface area contributed by atoms with E-state index in [4.69, 9.17) is 0 Å². The second kappa shape index (κ2) is 8.33. The van der Waals surface area contributed by atoms with Gasteiger partial charge in [0.1, 0.15) is 0 Å². The number of hydrogen-bond acceptors (Lipinski definition) is 2. The zero-order valence-electron chi connectivity index (χ0n) is 13.8. The quantitative estimate of drug-likeness (QED) is 0.755. The van der Waals surface area contributed by atoms with E-state index in [9.17, 15) is 0 Å². The Balaban J connectivity index is 1.98. The van der Waals surface area contributed by atoms with E-state index in [0.29, 0.717) is 6.04 Å². The summed E-state index contributed by atoms with van der Waals surface area (Å²) in [5.74, 6) is 0.884. The Morgan fingerprint density at radius 3 is 2.62 bits per heavy atom. The van der Waals surface area contributed by atoms with Gasteiger partial charge >= 0.3 is 0 Å². The van der Waals surface area contributed by atoms with Gasteiger partial charge in [0.15, 0.2) is 0 Å². The summed E-state index contributed by atoms with van der Waals surface area (Å²) >= 11 is 3.74. The van der Waals surface area contributed by atoms with Gasteiger partial charge < -0.3 is 5.32 Å². The van der Waals surface area contributed by atoms with E-state index in [2.05, 4.69) is 51.9 Å². The lowest BCUT2D eigenvalue weighted by Crippen LogP contribution is -2.36. The topological polar surface area (TPSA) is 29.9 Å². The lowest BCUT2D eigenvalue weighted by Gasteiger charge is -2.25. The molecule has 21 heavy (non-hydrogen) atoms. The summed E-state index contributed by atoms with van der Waals surface area (Å²) in [6.45, 7) is 5.57. The smallest absolute Gasteiger partial charge is 0.0766 e. The van der Waals surface area contributed by atoms with Crippen LogP contribution in [0.5, 0.6) is 0 Å². The van der Waals surface area contributed by atoms with Gasteiger partial charge in [0, 0.05) is 13.1 Å². The standard InChI is InChI=1S/C17H30BrN3/c1-4-12-19-15(13-8-6-7-9-13)10-11-16-17(18)14(5-2)20-21(16)3/h13,15,19H,4-12H2,1-3H3. The summed E-state index contributed by atoms with van der Waals surface area (Å²) in [6, 6.07) is 0.680. The molecule has 0 radical (unpaired) electrons. The molecule has 0 bridgehead atoms. The maximum atomic E-state index is 4.62. The molecule has 0 aromatic carbocycles. The fraction of sp³-hybridized carbons (Fsp3) is 0.824. The maximum absolute atomic E-state index is 4.62. The summed E-state index contributed by atoms with van der Waals surface area (Å²) in [7, 11) is 2.07. The van der Waals surface area contributed by atoms with Crippen LogP contribution in [0.1, 0.15) is 63.8 Å². The third-order valence-corrected chi connectivity index (χ3v) is 5.74. The van der Waals surface area contributed by atoms with Gasteiger partial charge in [-0.1, -0.05) is 26.7 Å². The van der Waals surface area contributed by atoms with E-state index in [-0.39, 0.29) is 0 Å². The monoisotopic (exact) mass is 355 g/mol. The van der Waals surface area contributed by atoms with Crippen molar-refractivity contribution in [2.24, 2.45) is 13.0 Å². The lowest BCUT2D eigenvalue weighted by atomic mass is 9.93. The first-order valence-electron chi connectivity index (χ1n) is 8.61. The number of hydrogen-bond donors (Lipinski definition) is 1. The van der Waals surface area contributed by atoms with Crippen LogP contribution in [-0.2, 0) is 19.9 Å². The SMILES string of the molecule is CCCNC(CCc1c(Br)c(CC)nn1C)C1CCCC1. The molecule has 1 unspecified atom stereocenters. The fourth-order valence-corrected chi connectivity index (χ4v) is 4.39. The molecule has 2 rings (SSSR count). The molecule has 0 saturated heterocycles. The average molecular weight is 356 g/mol. The molecule has 0 aliphatic heterocycles. The van der Waals surface area contributed by atoms with Crippen molar-refractivity contribution >= 4 is 15.9 Å². The molecule has 1 aromatic heterocycles. The predicted octanol–water partition coefficient (Wildman–Crippen LogP) is 4.24. The Morgan fingerprint density at radius 2 is 2.05 bits per heavy atom. The largest absolute Gasteiger partial charge is 0.314 e. The Labute approximate surface area is 138 Å². The van der Waals surface area contributed by atoms with Crippen LogP contribution in [0.2, 0.25) is 0 Å². The number of halogens is 1. The molecule has 0 spiro atoms. The van der Waals surface area contributed by atoms with Crippen molar-refractivity contribution < 1.29 is 0 Å². The Hall–Kier alpha value is -0.350. The van der Waals surface area contributed by atoms with E-state index in [1.807, 2.05) is 0 Å². The van der Waals surface area contributed by atoms with E-state index < -0.39 is 0 Å². The van der Waals surface area contributed by atoms with Crippen molar-refractivity contribution in [2.45, 2.75) is 71.3 Å². The van der Waals surface area contributed by atoms with Crippen LogP contribution in [-0.4, -0.2) is 22.4 Å². The summed E-state index contributed by atoms with van der Waals surface area (Å²) in [5.41, 5.74) is 2.54. The molecule has 1 atom stereocenters. The zero-order valence-corrected chi connectivity index (χ0v) is 15.4. The van der Waals surface area contributed by atoms with E-state index in [0.717, 1.165) is 25.3 Å². The third kappa shape index (κ3) is 4.32. The number of rotatable bonds is 8. The molecular formula is C17H30BrN3. The highest BCUT2D eigenvalue weighted by Gasteiger charge is 2.25. The second-order valence-electron chi connectivity index (χ2n) is 6.33. The van der Waals surface area contributed by atoms with Crippen molar-refractivity contribution in [1.29, 1.82) is 0 Å². The molecule has 1 saturated carbocycles. The predicted molar refractivity (Wildman–Crippen MR) is 92.6 cm³/mol. The van der Waals surface area contributed by atoms with E-state index >= 15 is 0 Å². The van der Waals surface area contributed by atoms with Crippen LogP contribution in [0.3, 0.4) is 0 Å². The van der Waals surface area contributed by atoms with Gasteiger partial charge in [-0.25, -0.2) is 0 Å². The van der Waals surface area contributed by atoms with Gasteiger partial charge in [-0.15, -0.1) is 0 Å². The first kappa shape index (κ1) is 17.0. The summed E-state index contributed by atoms with van der Waals surface area (Å²) in [6.07, 6.45) is 10.2. The van der Waals surface area contributed by atoms with E-state index in [1.165, 1.54) is 54.4 Å². The number of nitrogens with zero attached hydrogens (tertiary/aromatic N) is 2. The molecule has 120 valence electrons. The second-order valence-corrected chi connectivity index (χ2v) is 7.12. The molecular weight excluding hydrogens is 326 g/mol.